The molecule has 1 fully saturated rings. The van der Waals surface area contributed by atoms with Crippen LogP contribution in [-0.2, 0) is 4.79 Å². The fraction of sp³-hybridized carbons (Fsp3) is 0.364. The van der Waals surface area contributed by atoms with Gasteiger partial charge in [-0.1, -0.05) is 6.07 Å². The first-order valence-electron chi connectivity index (χ1n) is 10.2. The third-order valence-corrected chi connectivity index (χ3v) is 5.38. The molecule has 3 heterocycles. The number of rotatable bonds is 5. The first kappa shape index (κ1) is 20.9. The van der Waals surface area contributed by atoms with Crippen LogP contribution in [0.3, 0.4) is 0 Å². The van der Waals surface area contributed by atoms with Crippen LogP contribution in [0.1, 0.15) is 37.7 Å². The third kappa shape index (κ3) is 4.55. The Labute approximate surface area is 178 Å². The molecular weight excluding hydrogens is 402 g/mol. The predicted octanol–water partition coefficient (Wildman–Crippen LogP) is 3.50. The highest BCUT2D eigenvalue weighted by atomic mass is 19.1. The normalized spacial score (nSPS) is 17.1. The van der Waals surface area contributed by atoms with Gasteiger partial charge in [0, 0.05) is 43.1 Å². The molecule has 162 valence electrons. The van der Waals surface area contributed by atoms with Gasteiger partial charge in [0.15, 0.2) is 0 Å². The summed E-state index contributed by atoms with van der Waals surface area (Å²) < 4.78 is 27.5. The van der Waals surface area contributed by atoms with E-state index >= 15 is 0 Å². The van der Waals surface area contributed by atoms with E-state index in [9.17, 15) is 13.6 Å². The van der Waals surface area contributed by atoms with E-state index in [2.05, 4.69) is 30.5 Å². The number of halogens is 2. The molecule has 1 amide bonds. The quantitative estimate of drug-likeness (QED) is 0.650. The number of carbonyl (C=O) groups is 1. The Kier molecular flexibility index (Phi) is 5.67. The average molecular weight is 426 g/mol. The van der Waals surface area contributed by atoms with Crippen LogP contribution >= 0.6 is 0 Å². The van der Waals surface area contributed by atoms with Gasteiger partial charge in [0.25, 0.3) is 0 Å². The van der Waals surface area contributed by atoms with Crippen molar-refractivity contribution in [2.45, 2.75) is 39.3 Å². The van der Waals surface area contributed by atoms with E-state index in [1.165, 1.54) is 19.1 Å². The minimum atomic E-state index is -0.615. The van der Waals surface area contributed by atoms with Crippen LogP contribution < -0.4 is 15.5 Å². The second kappa shape index (κ2) is 8.41. The molecule has 7 nitrogen and oxygen atoms in total. The SMILES string of the molecule is CC(=O)N[C@@H]1CCN(c2cc3c(NC(C)c4ccc(F)cc4F)nc(C)nc3cn2)C1. The molecule has 9 heteroatoms. The Balaban J connectivity index is 1.64. The van der Waals surface area contributed by atoms with Crippen molar-refractivity contribution in [1.82, 2.24) is 20.3 Å². The van der Waals surface area contributed by atoms with E-state index in [0.717, 1.165) is 30.2 Å². The van der Waals surface area contributed by atoms with Gasteiger partial charge in [0.1, 0.15) is 29.1 Å². The number of hydrogen-bond acceptors (Lipinski definition) is 6. The second-order valence-electron chi connectivity index (χ2n) is 7.84. The van der Waals surface area contributed by atoms with Gasteiger partial charge in [-0.05, 0) is 32.4 Å². The van der Waals surface area contributed by atoms with Crippen molar-refractivity contribution in [2.75, 3.05) is 23.3 Å². The van der Waals surface area contributed by atoms with Gasteiger partial charge in [0.2, 0.25) is 5.91 Å². The third-order valence-electron chi connectivity index (χ3n) is 5.38. The Hall–Kier alpha value is -3.36. The van der Waals surface area contributed by atoms with E-state index in [-0.39, 0.29) is 11.9 Å². The number of anilines is 2. The van der Waals surface area contributed by atoms with Crippen LogP contribution in [0, 0.1) is 18.6 Å². The van der Waals surface area contributed by atoms with Gasteiger partial charge in [-0.15, -0.1) is 0 Å². The van der Waals surface area contributed by atoms with Crippen LogP contribution in [0.25, 0.3) is 10.9 Å². The number of aryl methyl sites for hydroxylation is 1. The molecular formula is C22H24F2N6O. The van der Waals surface area contributed by atoms with E-state index in [0.29, 0.717) is 29.3 Å². The number of fused-ring (bicyclic) bond motifs is 1. The van der Waals surface area contributed by atoms with Gasteiger partial charge in [-0.2, -0.15) is 0 Å². The molecule has 0 spiro atoms. The Bertz CT molecular complexity index is 1140. The predicted molar refractivity (Wildman–Crippen MR) is 115 cm³/mol. The molecule has 0 radical (unpaired) electrons. The lowest BCUT2D eigenvalue weighted by molar-refractivity contribution is -0.119. The maximum absolute atomic E-state index is 14.2. The molecule has 31 heavy (non-hydrogen) atoms. The molecule has 1 aliphatic rings. The highest BCUT2D eigenvalue weighted by molar-refractivity contribution is 5.90. The Morgan fingerprint density at radius 2 is 2.06 bits per heavy atom. The highest BCUT2D eigenvalue weighted by Gasteiger charge is 2.24. The maximum atomic E-state index is 14.2. The summed E-state index contributed by atoms with van der Waals surface area (Å²) >= 11 is 0. The number of carbonyl (C=O) groups excluding carboxylic acids is 1. The standard InChI is InChI=1S/C22H24F2N6O/c1-12(17-5-4-15(23)8-19(17)24)26-22-18-9-21(25-10-20(18)27-13(2)28-22)30-7-6-16(11-30)29-14(3)31/h4-5,8-10,12,16H,6-7,11H2,1-3H3,(H,29,31)(H,26,27,28)/t12?,16-/m1/s1. The number of nitrogens with one attached hydrogen (secondary N) is 2. The van der Waals surface area contributed by atoms with Gasteiger partial charge < -0.3 is 15.5 Å². The Morgan fingerprint density at radius 1 is 1.26 bits per heavy atom. The monoisotopic (exact) mass is 426 g/mol. The average Bonchev–Trinajstić information content (AvgIpc) is 3.15. The smallest absolute Gasteiger partial charge is 0.217 e. The summed E-state index contributed by atoms with van der Waals surface area (Å²) in [5.74, 6) is 0.601. The summed E-state index contributed by atoms with van der Waals surface area (Å²) in [4.78, 5) is 27.0. The number of aromatic nitrogens is 3. The summed E-state index contributed by atoms with van der Waals surface area (Å²) in [5.41, 5.74) is 1.01. The number of benzene rings is 1. The molecule has 2 N–H and O–H groups in total. The van der Waals surface area contributed by atoms with Gasteiger partial charge >= 0.3 is 0 Å². The zero-order chi connectivity index (χ0) is 22.1. The van der Waals surface area contributed by atoms with Crippen molar-refractivity contribution >= 4 is 28.4 Å². The van der Waals surface area contributed by atoms with Crippen LogP contribution in [0.5, 0.6) is 0 Å². The number of hydrogen-bond donors (Lipinski definition) is 2. The second-order valence-corrected chi connectivity index (χ2v) is 7.84. The molecule has 4 rings (SSSR count). The van der Waals surface area contributed by atoms with E-state index in [4.69, 9.17) is 0 Å². The fourth-order valence-electron chi connectivity index (χ4n) is 3.93. The first-order valence-corrected chi connectivity index (χ1v) is 10.2. The lowest BCUT2D eigenvalue weighted by atomic mass is 10.1. The summed E-state index contributed by atoms with van der Waals surface area (Å²) in [7, 11) is 0. The number of pyridine rings is 1. The number of amides is 1. The van der Waals surface area contributed by atoms with E-state index in [1.54, 1.807) is 20.0 Å². The molecule has 2 atom stereocenters. The summed E-state index contributed by atoms with van der Waals surface area (Å²) in [5, 5.41) is 6.94. The Morgan fingerprint density at radius 3 is 2.81 bits per heavy atom. The molecule has 1 saturated heterocycles. The zero-order valence-corrected chi connectivity index (χ0v) is 17.6. The van der Waals surface area contributed by atoms with Crippen molar-refractivity contribution in [3.63, 3.8) is 0 Å². The fourth-order valence-corrected chi connectivity index (χ4v) is 3.93. The molecule has 0 bridgehead atoms. The van der Waals surface area contributed by atoms with Gasteiger partial charge in [0.05, 0.1) is 17.8 Å². The summed E-state index contributed by atoms with van der Waals surface area (Å²) in [6.07, 6.45) is 2.54. The first-order chi connectivity index (χ1) is 14.8. The zero-order valence-electron chi connectivity index (χ0n) is 17.6. The van der Waals surface area contributed by atoms with E-state index < -0.39 is 17.7 Å². The topological polar surface area (TPSA) is 83.0 Å². The minimum Gasteiger partial charge on any atom is -0.363 e. The van der Waals surface area contributed by atoms with Gasteiger partial charge in [-0.25, -0.2) is 23.7 Å². The summed E-state index contributed by atoms with van der Waals surface area (Å²) in [6, 6.07) is 5.09. The molecule has 1 unspecified atom stereocenters. The molecule has 0 saturated carbocycles. The van der Waals surface area contributed by atoms with Gasteiger partial charge in [-0.3, -0.25) is 4.79 Å². The molecule has 1 aliphatic heterocycles. The van der Waals surface area contributed by atoms with Crippen molar-refractivity contribution in [1.29, 1.82) is 0 Å². The van der Waals surface area contributed by atoms with Crippen molar-refractivity contribution in [2.24, 2.45) is 0 Å². The largest absolute Gasteiger partial charge is 0.363 e. The molecule has 0 aliphatic carbocycles. The minimum absolute atomic E-state index is 0.0457. The maximum Gasteiger partial charge on any atom is 0.217 e. The lowest BCUT2D eigenvalue weighted by Crippen LogP contribution is -2.35. The van der Waals surface area contributed by atoms with Crippen LogP contribution in [-0.4, -0.2) is 40.0 Å². The van der Waals surface area contributed by atoms with Crippen molar-refractivity contribution in [3.8, 4) is 0 Å². The van der Waals surface area contributed by atoms with Crippen molar-refractivity contribution in [3.05, 3.63) is 53.5 Å². The van der Waals surface area contributed by atoms with Crippen molar-refractivity contribution < 1.29 is 13.6 Å². The molecule has 3 aromatic rings. The molecule has 1 aromatic carbocycles. The van der Waals surface area contributed by atoms with Crippen LogP contribution in [0.4, 0.5) is 20.4 Å². The lowest BCUT2D eigenvalue weighted by Gasteiger charge is -2.20. The van der Waals surface area contributed by atoms with Crippen LogP contribution in [0.15, 0.2) is 30.5 Å². The highest BCUT2D eigenvalue weighted by Crippen LogP contribution is 2.29. The molecule has 2 aromatic heterocycles. The van der Waals surface area contributed by atoms with E-state index in [1.807, 2.05) is 6.07 Å². The van der Waals surface area contributed by atoms with Crippen LogP contribution in [0.2, 0.25) is 0 Å². The summed E-state index contributed by atoms with van der Waals surface area (Å²) in [6.45, 7) is 6.53. The number of nitrogens with zero attached hydrogens (tertiary/aromatic N) is 4.